The Morgan fingerprint density at radius 2 is 2.06 bits per heavy atom. The maximum Gasteiger partial charge on any atom is 0.188 e. The van der Waals surface area contributed by atoms with Gasteiger partial charge in [0.15, 0.2) is 5.96 Å². The predicted octanol–water partition coefficient (Wildman–Crippen LogP) is 2.14. The number of nitrogens with one attached hydrogen (secondary N) is 1. The molecule has 0 heterocycles. The number of nitrogens with two attached hydrogens (primary N) is 1. The van der Waals surface area contributed by atoms with Gasteiger partial charge in [-0.15, -0.1) is 0 Å². The van der Waals surface area contributed by atoms with Crippen LogP contribution in [0.4, 0.5) is 0 Å². The molecule has 0 saturated heterocycles. The highest BCUT2D eigenvalue weighted by Gasteiger charge is 2.31. The van der Waals surface area contributed by atoms with E-state index in [-0.39, 0.29) is 11.5 Å². The van der Waals surface area contributed by atoms with E-state index < -0.39 is 0 Å². The number of hydrogen-bond donors (Lipinski definition) is 2. The molecule has 0 spiro atoms. The molecule has 1 aliphatic rings. The van der Waals surface area contributed by atoms with Crippen LogP contribution in [0.25, 0.3) is 0 Å². The minimum atomic E-state index is 0.202. The number of methoxy groups -OCH3 is 1. The predicted molar refractivity (Wildman–Crippen MR) is 76.7 cm³/mol. The first-order chi connectivity index (χ1) is 8.45. The summed E-state index contributed by atoms with van der Waals surface area (Å²) in [7, 11) is 1.69. The molecular weight excluding hydrogens is 226 g/mol. The Morgan fingerprint density at radius 3 is 2.61 bits per heavy atom. The van der Waals surface area contributed by atoms with Crippen molar-refractivity contribution in [1.82, 2.24) is 5.32 Å². The maximum atomic E-state index is 5.89. The third kappa shape index (κ3) is 4.84. The van der Waals surface area contributed by atoms with Crippen LogP contribution in [-0.4, -0.2) is 32.3 Å². The largest absolute Gasteiger partial charge is 0.383 e. The van der Waals surface area contributed by atoms with Gasteiger partial charge in [0.05, 0.1) is 6.61 Å². The molecule has 4 nitrogen and oxygen atoms in total. The van der Waals surface area contributed by atoms with Crippen LogP contribution < -0.4 is 11.1 Å². The topological polar surface area (TPSA) is 59.6 Å². The lowest BCUT2D eigenvalue weighted by molar-refractivity contribution is 0.179. The Labute approximate surface area is 111 Å². The van der Waals surface area contributed by atoms with Crippen molar-refractivity contribution in [2.45, 2.75) is 52.5 Å². The molecule has 0 aromatic carbocycles. The van der Waals surface area contributed by atoms with Crippen LogP contribution in [0.5, 0.6) is 0 Å². The van der Waals surface area contributed by atoms with E-state index in [0.717, 1.165) is 12.5 Å². The van der Waals surface area contributed by atoms with E-state index in [1.165, 1.54) is 25.7 Å². The molecule has 1 fully saturated rings. The van der Waals surface area contributed by atoms with E-state index in [0.29, 0.717) is 12.6 Å². The molecule has 0 aliphatic heterocycles. The molecule has 1 unspecified atom stereocenters. The van der Waals surface area contributed by atoms with E-state index in [1.54, 1.807) is 7.11 Å². The van der Waals surface area contributed by atoms with Gasteiger partial charge in [0.25, 0.3) is 0 Å². The lowest BCUT2D eigenvalue weighted by Crippen LogP contribution is -2.41. The Kier molecular flexibility index (Phi) is 5.93. The van der Waals surface area contributed by atoms with Gasteiger partial charge in [-0.3, -0.25) is 4.99 Å². The van der Waals surface area contributed by atoms with E-state index in [2.05, 4.69) is 24.2 Å². The van der Waals surface area contributed by atoms with Gasteiger partial charge in [-0.25, -0.2) is 0 Å². The molecule has 0 aromatic heterocycles. The zero-order valence-electron chi connectivity index (χ0n) is 12.3. The first kappa shape index (κ1) is 15.3. The second kappa shape index (κ2) is 6.98. The standard InChI is InChI=1S/C14H29N3O/c1-11(9-18-4)17-13(15)16-10-14(2,3)12-7-5-6-8-12/h11-12H,5-10H2,1-4H3,(H3,15,16,17). The van der Waals surface area contributed by atoms with Gasteiger partial charge >= 0.3 is 0 Å². The fourth-order valence-electron chi connectivity index (χ4n) is 2.72. The van der Waals surface area contributed by atoms with Gasteiger partial charge in [0.2, 0.25) is 0 Å². The van der Waals surface area contributed by atoms with Gasteiger partial charge in [0, 0.05) is 19.7 Å². The van der Waals surface area contributed by atoms with Crippen molar-refractivity contribution in [3.8, 4) is 0 Å². The third-order valence-electron chi connectivity index (χ3n) is 3.93. The molecule has 3 N–H and O–H groups in total. The van der Waals surface area contributed by atoms with Crippen LogP contribution in [0.1, 0.15) is 46.5 Å². The summed E-state index contributed by atoms with van der Waals surface area (Å²) in [6.07, 6.45) is 5.43. The second-order valence-corrected chi connectivity index (χ2v) is 6.17. The van der Waals surface area contributed by atoms with Gasteiger partial charge in [0.1, 0.15) is 0 Å². The van der Waals surface area contributed by atoms with Crippen LogP contribution in [0.3, 0.4) is 0 Å². The van der Waals surface area contributed by atoms with E-state index >= 15 is 0 Å². The van der Waals surface area contributed by atoms with Crippen LogP contribution in [0.2, 0.25) is 0 Å². The highest BCUT2D eigenvalue weighted by atomic mass is 16.5. The Bertz CT molecular complexity index is 270. The molecule has 1 rings (SSSR count). The summed E-state index contributed by atoms with van der Waals surface area (Å²) in [5.74, 6) is 1.33. The minimum absolute atomic E-state index is 0.202. The summed E-state index contributed by atoms with van der Waals surface area (Å²) >= 11 is 0. The van der Waals surface area contributed by atoms with Gasteiger partial charge in [-0.1, -0.05) is 26.7 Å². The van der Waals surface area contributed by atoms with Gasteiger partial charge in [-0.05, 0) is 31.1 Å². The van der Waals surface area contributed by atoms with Crippen LogP contribution in [0.15, 0.2) is 4.99 Å². The summed E-state index contributed by atoms with van der Waals surface area (Å²) in [6.45, 7) is 8.09. The fourth-order valence-corrected chi connectivity index (χ4v) is 2.72. The Morgan fingerprint density at radius 1 is 1.44 bits per heavy atom. The quantitative estimate of drug-likeness (QED) is 0.565. The molecular formula is C14H29N3O. The first-order valence-corrected chi connectivity index (χ1v) is 7.01. The number of guanidine groups is 1. The lowest BCUT2D eigenvalue weighted by atomic mass is 9.78. The SMILES string of the molecule is COCC(C)NC(N)=NCC(C)(C)C1CCCC1. The third-order valence-corrected chi connectivity index (χ3v) is 3.93. The molecule has 1 saturated carbocycles. The highest BCUT2D eigenvalue weighted by Crippen LogP contribution is 2.39. The van der Waals surface area contributed by atoms with Crippen molar-refractivity contribution in [3.63, 3.8) is 0 Å². The van der Waals surface area contributed by atoms with Crippen LogP contribution in [-0.2, 0) is 4.74 Å². The van der Waals surface area contributed by atoms with E-state index in [9.17, 15) is 0 Å². The zero-order valence-corrected chi connectivity index (χ0v) is 12.3. The number of rotatable bonds is 6. The van der Waals surface area contributed by atoms with E-state index in [1.807, 2.05) is 6.92 Å². The fraction of sp³-hybridized carbons (Fsp3) is 0.929. The summed E-state index contributed by atoms with van der Waals surface area (Å²) in [5.41, 5.74) is 6.15. The molecule has 18 heavy (non-hydrogen) atoms. The van der Waals surface area contributed by atoms with E-state index in [4.69, 9.17) is 10.5 Å². The van der Waals surface area contributed by atoms with Crippen LogP contribution >= 0.6 is 0 Å². The highest BCUT2D eigenvalue weighted by molar-refractivity contribution is 5.78. The summed E-state index contributed by atoms with van der Waals surface area (Å²) in [4.78, 5) is 4.49. The summed E-state index contributed by atoms with van der Waals surface area (Å²) < 4.78 is 5.06. The average Bonchev–Trinajstić information content (AvgIpc) is 2.81. The second-order valence-electron chi connectivity index (χ2n) is 6.17. The number of ether oxygens (including phenoxy) is 1. The zero-order chi connectivity index (χ0) is 13.6. The smallest absolute Gasteiger partial charge is 0.188 e. The number of hydrogen-bond acceptors (Lipinski definition) is 2. The Hall–Kier alpha value is -0.770. The van der Waals surface area contributed by atoms with Crippen molar-refractivity contribution in [3.05, 3.63) is 0 Å². The molecule has 0 bridgehead atoms. The van der Waals surface area contributed by atoms with Crippen molar-refractivity contribution < 1.29 is 4.74 Å². The molecule has 0 aromatic rings. The average molecular weight is 255 g/mol. The van der Waals surface area contributed by atoms with Crippen LogP contribution in [0, 0.1) is 11.3 Å². The molecule has 1 aliphatic carbocycles. The molecule has 0 amide bonds. The molecule has 106 valence electrons. The number of nitrogens with zero attached hydrogens (tertiary/aromatic N) is 1. The Balaban J connectivity index is 2.40. The molecule has 0 radical (unpaired) electrons. The molecule has 4 heteroatoms. The lowest BCUT2D eigenvalue weighted by Gasteiger charge is -2.30. The van der Waals surface area contributed by atoms with Crippen molar-refractivity contribution in [1.29, 1.82) is 0 Å². The van der Waals surface area contributed by atoms with Gasteiger partial charge < -0.3 is 15.8 Å². The summed E-state index contributed by atoms with van der Waals surface area (Å²) in [5, 5.41) is 3.15. The monoisotopic (exact) mass is 255 g/mol. The molecule has 1 atom stereocenters. The minimum Gasteiger partial charge on any atom is -0.383 e. The van der Waals surface area contributed by atoms with Gasteiger partial charge in [-0.2, -0.15) is 0 Å². The van der Waals surface area contributed by atoms with Crippen molar-refractivity contribution in [2.75, 3.05) is 20.3 Å². The number of aliphatic imine (C=N–C) groups is 1. The normalized spacial score (nSPS) is 20.1. The van der Waals surface area contributed by atoms with Crippen molar-refractivity contribution >= 4 is 5.96 Å². The van der Waals surface area contributed by atoms with Crippen molar-refractivity contribution in [2.24, 2.45) is 22.1 Å². The summed E-state index contributed by atoms with van der Waals surface area (Å²) in [6, 6.07) is 0.202. The first-order valence-electron chi connectivity index (χ1n) is 7.01. The maximum absolute atomic E-state index is 5.89.